The predicted molar refractivity (Wildman–Crippen MR) is 88.4 cm³/mol. The molecule has 1 aliphatic rings. The van der Waals surface area contributed by atoms with Crippen LogP contribution in [-0.4, -0.2) is 34.1 Å². The lowest BCUT2D eigenvalue weighted by atomic mass is 9.88. The minimum atomic E-state index is -3.52. The van der Waals surface area contributed by atoms with E-state index < -0.39 is 10.0 Å². The minimum absolute atomic E-state index is 0.0758. The van der Waals surface area contributed by atoms with Crippen LogP contribution in [0.1, 0.15) is 40.0 Å². The minimum Gasteiger partial charge on any atom is -0.207 e. The molecule has 1 aromatic heterocycles. The van der Waals surface area contributed by atoms with Crippen LogP contribution in [0.3, 0.4) is 0 Å². The van der Waals surface area contributed by atoms with Crippen molar-refractivity contribution in [1.29, 1.82) is 0 Å². The molecule has 0 N–H and O–H groups in total. The molecule has 0 amide bonds. The van der Waals surface area contributed by atoms with Gasteiger partial charge in [-0.05, 0) is 36.8 Å². The van der Waals surface area contributed by atoms with Crippen molar-refractivity contribution in [2.75, 3.05) is 6.54 Å². The molecule has 0 radical (unpaired) electrons. The fourth-order valence-electron chi connectivity index (χ4n) is 3.15. The van der Waals surface area contributed by atoms with Crippen LogP contribution in [0.25, 0.3) is 11.0 Å². The van der Waals surface area contributed by atoms with Crippen LogP contribution < -0.4 is 0 Å². The molecule has 7 heteroatoms. The number of hydrogen-bond acceptors (Lipinski definition) is 5. The molecule has 0 saturated carbocycles. The summed E-state index contributed by atoms with van der Waals surface area (Å²) in [5.74, 6) is 0. The Morgan fingerprint density at radius 1 is 1.32 bits per heavy atom. The molecule has 1 aromatic carbocycles. The molecule has 2 heterocycles. The van der Waals surface area contributed by atoms with Crippen molar-refractivity contribution in [1.82, 2.24) is 13.1 Å². The monoisotopic (exact) mass is 339 g/mol. The molecular weight excluding hydrogens is 318 g/mol. The Morgan fingerprint density at radius 2 is 2.09 bits per heavy atom. The summed E-state index contributed by atoms with van der Waals surface area (Å²) in [4.78, 5) is 0.291. The Bertz CT molecular complexity index is 777. The maximum atomic E-state index is 13.1. The molecule has 5 nitrogen and oxygen atoms in total. The first-order chi connectivity index (χ1) is 10.3. The molecular formula is C15H21N3O2S2. The fraction of sp³-hybridized carbons (Fsp3) is 0.600. The van der Waals surface area contributed by atoms with Gasteiger partial charge in [0.1, 0.15) is 15.9 Å². The molecule has 0 unspecified atom stereocenters. The van der Waals surface area contributed by atoms with Gasteiger partial charge < -0.3 is 0 Å². The summed E-state index contributed by atoms with van der Waals surface area (Å²) >= 11 is 1.05. The Morgan fingerprint density at radius 3 is 2.82 bits per heavy atom. The zero-order valence-electron chi connectivity index (χ0n) is 13.1. The van der Waals surface area contributed by atoms with Gasteiger partial charge in [0.25, 0.3) is 0 Å². The lowest BCUT2D eigenvalue weighted by Gasteiger charge is -2.29. The van der Waals surface area contributed by atoms with E-state index in [1.165, 1.54) is 0 Å². The molecule has 0 bridgehead atoms. The lowest BCUT2D eigenvalue weighted by Crippen LogP contribution is -2.37. The number of hydrogen-bond donors (Lipinski definition) is 0. The summed E-state index contributed by atoms with van der Waals surface area (Å²) in [5, 5.41) is 0. The second-order valence-electron chi connectivity index (χ2n) is 7.06. The van der Waals surface area contributed by atoms with Gasteiger partial charge in [-0.2, -0.15) is 13.1 Å². The van der Waals surface area contributed by atoms with Crippen molar-refractivity contribution < 1.29 is 8.42 Å². The molecule has 1 fully saturated rings. The second kappa shape index (κ2) is 5.54. The topological polar surface area (TPSA) is 63.2 Å². The third kappa shape index (κ3) is 2.89. The van der Waals surface area contributed by atoms with Gasteiger partial charge in [-0.25, -0.2) is 8.42 Å². The number of nitrogens with zero attached hydrogens (tertiary/aromatic N) is 3. The fourth-order valence-corrected chi connectivity index (χ4v) is 5.60. The molecule has 0 aliphatic carbocycles. The van der Waals surface area contributed by atoms with Gasteiger partial charge >= 0.3 is 0 Å². The first-order valence-corrected chi connectivity index (χ1v) is 9.69. The van der Waals surface area contributed by atoms with E-state index in [2.05, 4.69) is 29.5 Å². The summed E-state index contributed by atoms with van der Waals surface area (Å²) in [6.45, 7) is 7.06. The number of benzene rings is 1. The van der Waals surface area contributed by atoms with Crippen molar-refractivity contribution in [3.8, 4) is 0 Å². The Kier molecular flexibility index (Phi) is 3.99. The highest BCUT2D eigenvalue weighted by atomic mass is 32.2. The molecule has 1 atom stereocenters. The third-order valence-electron chi connectivity index (χ3n) is 4.01. The molecule has 3 rings (SSSR count). The number of fused-ring (bicyclic) bond motifs is 1. The predicted octanol–water partition coefficient (Wildman–Crippen LogP) is 3.28. The van der Waals surface area contributed by atoms with E-state index in [9.17, 15) is 8.42 Å². The Labute approximate surface area is 135 Å². The van der Waals surface area contributed by atoms with Crippen molar-refractivity contribution in [2.24, 2.45) is 5.41 Å². The van der Waals surface area contributed by atoms with Gasteiger partial charge in [-0.3, -0.25) is 0 Å². The van der Waals surface area contributed by atoms with Crippen molar-refractivity contribution in [3.05, 3.63) is 18.2 Å². The summed E-state index contributed by atoms with van der Waals surface area (Å²) in [5.41, 5.74) is 1.25. The third-order valence-corrected chi connectivity index (χ3v) is 6.53. The van der Waals surface area contributed by atoms with E-state index in [0.29, 0.717) is 22.5 Å². The van der Waals surface area contributed by atoms with Gasteiger partial charge in [-0.15, -0.1) is 0 Å². The van der Waals surface area contributed by atoms with E-state index in [1.807, 2.05) is 0 Å². The normalized spacial score (nSPS) is 20.8. The molecule has 1 saturated heterocycles. The SMILES string of the molecule is CC(C)(C)C[C@H]1CCCN1S(=O)(=O)c1cccc2nsnc12. The van der Waals surface area contributed by atoms with E-state index in [1.54, 1.807) is 22.5 Å². The van der Waals surface area contributed by atoms with Crippen LogP contribution in [0.5, 0.6) is 0 Å². The van der Waals surface area contributed by atoms with Gasteiger partial charge in [0, 0.05) is 12.6 Å². The van der Waals surface area contributed by atoms with E-state index in [0.717, 1.165) is 31.0 Å². The lowest BCUT2D eigenvalue weighted by molar-refractivity contribution is 0.267. The molecule has 2 aromatic rings. The summed E-state index contributed by atoms with van der Waals surface area (Å²) in [6, 6.07) is 5.26. The zero-order chi connectivity index (χ0) is 16.0. The van der Waals surface area contributed by atoms with Crippen LogP contribution in [0.2, 0.25) is 0 Å². The van der Waals surface area contributed by atoms with Crippen molar-refractivity contribution in [2.45, 2.75) is 51.0 Å². The quantitative estimate of drug-likeness (QED) is 0.861. The maximum absolute atomic E-state index is 13.1. The second-order valence-corrected chi connectivity index (χ2v) is 9.45. The van der Waals surface area contributed by atoms with Crippen LogP contribution in [0, 0.1) is 5.41 Å². The summed E-state index contributed by atoms with van der Waals surface area (Å²) in [7, 11) is -3.52. The number of aromatic nitrogens is 2. The van der Waals surface area contributed by atoms with Crippen LogP contribution >= 0.6 is 11.7 Å². The average Bonchev–Trinajstić information content (AvgIpc) is 3.04. The summed E-state index contributed by atoms with van der Waals surface area (Å²) in [6.07, 6.45) is 2.73. The van der Waals surface area contributed by atoms with Crippen molar-refractivity contribution >= 4 is 32.8 Å². The smallest absolute Gasteiger partial charge is 0.207 e. The first kappa shape index (κ1) is 15.8. The van der Waals surface area contributed by atoms with Crippen LogP contribution in [0.4, 0.5) is 0 Å². The molecule has 1 aliphatic heterocycles. The summed E-state index contributed by atoms with van der Waals surface area (Å²) < 4.78 is 36.2. The molecule has 120 valence electrons. The van der Waals surface area contributed by atoms with E-state index >= 15 is 0 Å². The Hall–Kier alpha value is -1.05. The van der Waals surface area contributed by atoms with E-state index in [-0.39, 0.29) is 11.5 Å². The molecule has 22 heavy (non-hydrogen) atoms. The highest BCUT2D eigenvalue weighted by molar-refractivity contribution is 7.89. The van der Waals surface area contributed by atoms with Gasteiger partial charge in [0.2, 0.25) is 10.0 Å². The first-order valence-electron chi connectivity index (χ1n) is 7.52. The van der Waals surface area contributed by atoms with Gasteiger partial charge in [0.15, 0.2) is 0 Å². The van der Waals surface area contributed by atoms with E-state index in [4.69, 9.17) is 0 Å². The highest BCUT2D eigenvalue weighted by Gasteiger charge is 2.38. The van der Waals surface area contributed by atoms with Crippen LogP contribution in [-0.2, 0) is 10.0 Å². The van der Waals surface area contributed by atoms with Crippen molar-refractivity contribution in [3.63, 3.8) is 0 Å². The van der Waals surface area contributed by atoms with Gasteiger partial charge in [-0.1, -0.05) is 26.8 Å². The average molecular weight is 339 g/mol. The standard InChI is InChI=1S/C15H21N3O2S2/c1-15(2,3)10-11-6-5-9-18(11)22(19,20)13-8-4-7-12-14(13)17-21-16-12/h4,7-8,11H,5-6,9-10H2,1-3H3/t11-/m1/s1. The largest absolute Gasteiger partial charge is 0.245 e. The van der Waals surface area contributed by atoms with Crippen LogP contribution in [0.15, 0.2) is 23.1 Å². The molecule has 0 spiro atoms. The zero-order valence-corrected chi connectivity index (χ0v) is 14.7. The highest BCUT2D eigenvalue weighted by Crippen LogP contribution is 2.35. The number of rotatable bonds is 3. The Balaban J connectivity index is 2.00. The maximum Gasteiger partial charge on any atom is 0.245 e. The number of sulfonamides is 1. The van der Waals surface area contributed by atoms with Gasteiger partial charge in [0.05, 0.1) is 11.7 Å².